The second-order valence-electron chi connectivity index (χ2n) is 6.94. The molecule has 0 radical (unpaired) electrons. The molecule has 4 aromatic rings. The van der Waals surface area contributed by atoms with Crippen molar-refractivity contribution in [2.24, 2.45) is 0 Å². The smallest absolute Gasteiger partial charge is 0.358 e. The van der Waals surface area contributed by atoms with Gasteiger partial charge in [0.1, 0.15) is 10.8 Å². The number of carbonyl (C=O) groups is 2. The number of thiophene rings is 1. The van der Waals surface area contributed by atoms with Crippen molar-refractivity contribution in [1.82, 2.24) is 4.98 Å². The third kappa shape index (κ3) is 4.87. The highest BCUT2D eigenvalue weighted by molar-refractivity contribution is 7.14. The summed E-state index contributed by atoms with van der Waals surface area (Å²) in [6.45, 7) is 1.91. The summed E-state index contributed by atoms with van der Waals surface area (Å²) in [5.41, 5.74) is 3.12. The maximum atomic E-state index is 13.2. The van der Waals surface area contributed by atoms with E-state index in [0.717, 1.165) is 16.1 Å². The molecule has 2 heterocycles. The molecule has 8 heteroatoms. The van der Waals surface area contributed by atoms with Gasteiger partial charge in [-0.1, -0.05) is 36.4 Å². The first-order valence-electron chi connectivity index (χ1n) is 9.74. The topological polar surface area (TPSA) is 77.5 Å². The average molecular weight is 465 g/mol. The van der Waals surface area contributed by atoms with E-state index < -0.39 is 18.0 Å². The van der Waals surface area contributed by atoms with Crippen LogP contribution >= 0.6 is 22.7 Å². The fraction of sp³-hybridized carbons (Fsp3) is 0.125. The number of anilines is 1. The van der Waals surface area contributed by atoms with Gasteiger partial charge >= 0.3 is 5.97 Å². The molecule has 0 fully saturated rings. The van der Waals surface area contributed by atoms with Gasteiger partial charge in [0.25, 0.3) is 5.91 Å². The van der Waals surface area contributed by atoms with Crippen molar-refractivity contribution in [3.63, 3.8) is 0 Å². The Morgan fingerprint density at radius 2 is 1.88 bits per heavy atom. The SMILES string of the molecule is COc1ccc(C)cc1NC(=O)C(OC(=O)c1csc(-c2ccsc2)n1)c1ccccc1. The Hall–Kier alpha value is -3.49. The van der Waals surface area contributed by atoms with E-state index in [-0.39, 0.29) is 5.69 Å². The molecule has 0 aliphatic carbocycles. The number of ether oxygens (including phenoxy) is 2. The van der Waals surface area contributed by atoms with Crippen LogP contribution in [-0.2, 0) is 9.53 Å². The number of hydrogen-bond acceptors (Lipinski definition) is 7. The average Bonchev–Trinajstić information content (AvgIpc) is 3.50. The van der Waals surface area contributed by atoms with Gasteiger partial charge in [0.15, 0.2) is 5.69 Å². The second-order valence-corrected chi connectivity index (χ2v) is 8.58. The van der Waals surface area contributed by atoms with Crippen LogP contribution in [0.3, 0.4) is 0 Å². The van der Waals surface area contributed by atoms with E-state index in [9.17, 15) is 9.59 Å². The summed E-state index contributed by atoms with van der Waals surface area (Å²) in [7, 11) is 1.53. The summed E-state index contributed by atoms with van der Waals surface area (Å²) in [6, 6.07) is 16.3. The van der Waals surface area contributed by atoms with Crippen LogP contribution in [-0.4, -0.2) is 24.0 Å². The summed E-state index contributed by atoms with van der Waals surface area (Å²) in [5.74, 6) is -0.633. The van der Waals surface area contributed by atoms with Gasteiger partial charge in [-0.05, 0) is 36.1 Å². The van der Waals surface area contributed by atoms with Gasteiger partial charge in [0, 0.05) is 21.9 Å². The van der Waals surface area contributed by atoms with Gasteiger partial charge in [-0.25, -0.2) is 9.78 Å². The number of carbonyl (C=O) groups excluding carboxylic acids is 2. The number of aryl methyl sites for hydroxylation is 1. The van der Waals surface area contributed by atoms with Crippen LogP contribution in [0.4, 0.5) is 5.69 Å². The normalized spacial score (nSPS) is 11.6. The standard InChI is InChI=1S/C24H20N2O4S2/c1-15-8-9-20(29-2)18(12-15)25-22(27)21(16-6-4-3-5-7-16)30-24(28)19-14-32-23(26-19)17-10-11-31-13-17/h3-14,21H,1-2H3,(H,25,27). The summed E-state index contributed by atoms with van der Waals surface area (Å²) in [5, 5.41) is 9.10. The van der Waals surface area contributed by atoms with Crippen LogP contribution in [0.1, 0.15) is 27.7 Å². The van der Waals surface area contributed by atoms with E-state index in [1.54, 1.807) is 53.1 Å². The lowest BCUT2D eigenvalue weighted by atomic mass is 10.1. The molecule has 162 valence electrons. The molecule has 32 heavy (non-hydrogen) atoms. The van der Waals surface area contributed by atoms with E-state index >= 15 is 0 Å². The highest BCUT2D eigenvalue weighted by Crippen LogP contribution is 2.29. The molecule has 4 rings (SSSR count). The van der Waals surface area contributed by atoms with Crippen molar-refractivity contribution in [3.8, 4) is 16.3 Å². The van der Waals surface area contributed by atoms with Crippen LogP contribution in [0.15, 0.2) is 70.7 Å². The third-order valence-electron chi connectivity index (χ3n) is 4.66. The fourth-order valence-corrected chi connectivity index (χ4v) is 4.57. The molecule has 6 nitrogen and oxygen atoms in total. The monoisotopic (exact) mass is 464 g/mol. The van der Waals surface area contributed by atoms with Crippen LogP contribution in [0.2, 0.25) is 0 Å². The minimum absolute atomic E-state index is 0.165. The highest BCUT2D eigenvalue weighted by atomic mass is 32.1. The van der Waals surface area contributed by atoms with Crippen molar-refractivity contribution >= 4 is 40.2 Å². The lowest BCUT2D eigenvalue weighted by Crippen LogP contribution is -2.26. The lowest BCUT2D eigenvalue weighted by molar-refractivity contribution is -0.125. The van der Waals surface area contributed by atoms with E-state index in [1.165, 1.54) is 18.4 Å². The number of aromatic nitrogens is 1. The molecule has 1 amide bonds. The molecule has 0 saturated heterocycles. The van der Waals surface area contributed by atoms with Crippen LogP contribution < -0.4 is 10.1 Å². The van der Waals surface area contributed by atoms with Gasteiger partial charge in [-0.3, -0.25) is 4.79 Å². The number of esters is 1. The third-order valence-corrected chi connectivity index (χ3v) is 6.23. The van der Waals surface area contributed by atoms with Gasteiger partial charge in [0.2, 0.25) is 6.10 Å². The molecule has 1 N–H and O–H groups in total. The van der Waals surface area contributed by atoms with Crippen LogP contribution in [0, 0.1) is 6.92 Å². The molecular weight excluding hydrogens is 444 g/mol. The maximum absolute atomic E-state index is 13.2. The summed E-state index contributed by atoms with van der Waals surface area (Å²) >= 11 is 2.91. The number of thiazole rings is 1. The number of benzene rings is 2. The van der Waals surface area contributed by atoms with E-state index in [0.29, 0.717) is 17.0 Å². The second kappa shape index (κ2) is 9.76. The largest absolute Gasteiger partial charge is 0.495 e. The Labute approximate surface area is 193 Å². The predicted octanol–water partition coefficient (Wildman–Crippen LogP) is 5.73. The van der Waals surface area contributed by atoms with Crippen molar-refractivity contribution in [1.29, 1.82) is 0 Å². The molecule has 0 saturated carbocycles. The zero-order chi connectivity index (χ0) is 22.5. The minimum Gasteiger partial charge on any atom is -0.495 e. The summed E-state index contributed by atoms with van der Waals surface area (Å²) < 4.78 is 11.0. The molecule has 2 aromatic heterocycles. The first-order chi connectivity index (χ1) is 15.5. The van der Waals surface area contributed by atoms with Crippen molar-refractivity contribution < 1.29 is 19.1 Å². The number of hydrogen-bond donors (Lipinski definition) is 1. The number of rotatable bonds is 7. The quantitative estimate of drug-likeness (QED) is 0.354. The number of amides is 1. The molecule has 0 aliphatic heterocycles. The van der Waals surface area contributed by atoms with Gasteiger partial charge < -0.3 is 14.8 Å². The minimum atomic E-state index is -1.15. The number of methoxy groups -OCH3 is 1. The van der Waals surface area contributed by atoms with Gasteiger partial charge in [-0.2, -0.15) is 11.3 Å². The molecule has 0 aliphatic rings. The Morgan fingerprint density at radius 3 is 2.59 bits per heavy atom. The summed E-state index contributed by atoms with van der Waals surface area (Å²) in [4.78, 5) is 30.4. The predicted molar refractivity (Wildman–Crippen MR) is 126 cm³/mol. The first-order valence-corrected chi connectivity index (χ1v) is 11.6. The van der Waals surface area contributed by atoms with E-state index in [1.807, 2.05) is 35.9 Å². The van der Waals surface area contributed by atoms with Gasteiger partial charge in [-0.15, -0.1) is 11.3 Å². The highest BCUT2D eigenvalue weighted by Gasteiger charge is 2.27. The molecule has 0 bridgehead atoms. The maximum Gasteiger partial charge on any atom is 0.358 e. The van der Waals surface area contributed by atoms with Crippen LogP contribution in [0.25, 0.3) is 10.6 Å². The molecule has 2 aromatic carbocycles. The van der Waals surface area contributed by atoms with E-state index in [2.05, 4.69) is 10.3 Å². The Bertz CT molecular complexity index is 1220. The zero-order valence-corrected chi connectivity index (χ0v) is 19.0. The molecule has 0 spiro atoms. The molecule has 1 atom stereocenters. The fourth-order valence-electron chi connectivity index (χ4n) is 3.07. The molecular formula is C24H20N2O4S2. The Morgan fingerprint density at radius 1 is 1.06 bits per heavy atom. The lowest BCUT2D eigenvalue weighted by Gasteiger charge is -2.19. The van der Waals surface area contributed by atoms with Crippen LogP contribution in [0.5, 0.6) is 5.75 Å². The Balaban J connectivity index is 1.58. The van der Waals surface area contributed by atoms with E-state index in [4.69, 9.17) is 9.47 Å². The van der Waals surface area contributed by atoms with Gasteiger partial charge in [0.05, 0.1) is 12.8 Å². The van der Waals surface area contributed by atoms with Crippen molar-refractivity contribution in [3.05, 3.63) is 87.6 Å². The van der Waals surface area contributed by atoms with Crippen molar-refractivity contribution in [2.75, 3.05) is 12.4 Å². The Kier molecular flexibility index (Phi) is 6.63. The molecule has 1 unspecified atom stereocenters. The summed E-state index contributed by atoms with van der Waals surface area (Å²) in [6.07, 6.45) is -1.15. The zero-order valence-electron chi connectivity index (χ0n) is 17.4. The number of nitrogens with zero attached hydrogens (tertiary/aromatic N) is 1. The number of nitrogens with one attached hydrogen (secondary N) is 1. The van der Waals surface area contributed by atoms with Crippen molar-refractivity contribution in [2.45, 2.75) is 13.0 Å². The first kappa shape index (κ1) is 21.7.